The number of rotatable bonds is 3. The van der Waals surface area contributed by atoms with E-state index in [0.717, 1.165) is 21.4 Å². The van der Waals surface area contributed by atoms with Crippen LogP contribution in [0.2, 0.25) is 0 Å². The first kappa shape index (κ1) is 11.3. The molecule has 0 spiro atoms. The van der Waals surface area contributed by atoms with Gasteiger partial charge in [-0.05, 0) is 40.5 Å². The van der Waals surface area contributed by atoms with E-state index in [-0.39, 0.29) is 6.04 Å². The van der Waals surface area contributed by atoms with E-state index in [2.05, 4.69) is 22.5 Å². The maximum Gasteiger partial charge on any atom is 0.133 e. The van der Waals surface area contributed by atoms with Crippen molar-refractivity contribution in [1.29, 1.82) is 0 Å². The maximum atomic E-state index is 5.94. The highest BCUT2D eigenvalue weighted by Gasteiger charge is 2.08. The van der Waals surface area contributed by atoms with Gasteiger partial charge in [0.15, 0.2) is 0 Å². The van der Waals surface area contributed by atoms with Gasteiger partial charge in [-0.25, -0.2) is 0 Å². The van der Waals surface area contributed by atoms with Crippen LogP contribution in [-0.4, -0.2) is 7.11 Å². The normalized spacial score (nSPS) is 12.3. The number of benzene rings is 1. The van der Waals surface area contributed by atoms with Crippen molar-refractivity contribution in [3.05, 3.63) is 40.4 Å². The van der Waals surface area contributed by atoms with Crippen LogP contribution < -0.4 is 10.5 Å². The summed E-state index contributed by atoms with van der Waals surface area (Å²) in [5.41, 5.74) is 7.92. The van der Waals surface area contributed by atoms with E-state index in [1.54, 1.807) is 7.11 Å². The third-order valence-corrected chi connectivity index (χ3v) is 2.69. The van der Waals surface area contributed by atoms with Crippen molar-refractivity contribution in [1.82, 2.24) is 0 Å². The van der Waals surface area contributed by atoms with Gasteiger partial charge in [0.2, 0.25) is 0 Å². The van der Waals surface area contributed by atoms with Gasteiger partial charge >= 0.3 is 0 Å². The lowest BCUT2D eigenvalue weighted by Gasteiger charge is -2.13. The van der Waals surface area contributed by atoms with Crippen molar-refractivity contribution >= 4 is 15.9 Å². The van der Waals surface area contributed by atoms with E-state index in [1.807, 2.05) is 25.1 Å². The van der Waals surface area contributed by atoms with Gasteiger partial charge in [0.25, 0.3) is 0 Å². The molecule has 1 unspecified atom stereocenters. The third-order valence-electron chi connectivity index (χ3n) is 2.07. The molecule has 1 aromatic carbocycles. The highest BCUT2D eigenvalue weighted by Crippen LogP contribution is 2.28. The molecule has 0 radical (unpaired) electrons. The Hall–Kier alpha value is -0.800. The molecule has 3 heteroatoms. The van der Waals surface area contributed by atoms with Crippen LogP contribution in [0.15, 0.2) is 34.8 Å². The van der Waals surface area contributed by atoms with Gasteiger partial charge in [-0.2, -0.15) is 0 Å². The van der Waals surface area contributed by atoms with Crippen LogP contribution in [0.5, 0.6) is 5.75 Å². The molecular formula is C11H14BrNO. The smallest absolute Gasteiger partial charge is 0.133 e. The lowest BCUT2D eigenvalue weighted by atomic mass is 10.0. The van der Waals surface area contributed by atoms with Crippen molar-refractivity contribution in [2.45, 2.75) is 13.0 Å². The number of halogens is 1. The van der Waals surface area contributed by atoms with Gasteiger partial charge in [0.05, 0.1) is 17.6 Å². The molecule has 76 valence electrons. The van der Waals surface area contributed by atoms with E-state index >= 15 is 0 Å². The highest BCUT2D eigenvalue weighted by atomic mass is 79.9. The summed E-state index contributed by atoms with van der Waals surface area (Å²) >= 11 is 3.41. The van der Waals surface area contributed by atoms with Crippen LogP contribution in [0.1, 0.15) is 18.5 Å². The first-order valence-electron chi connectivity index (χ1n) is 4.30. The van der Waals surface area contributed by atoms with Gasteiger partial charge in [0, 0.05) is 0 Å². The third kappa shape index (κ3) is 2.36. The van der Waals surface area contributed by atoms with Gasteiger partial charge in [0.1, 0.15) is 5.75 Å². The number of nitrogens with two attached hydrogens (primary N) is 1. The molecule has 1 atom stereocenters. The minimum Gasteiger partial charge on any atom is -0.496 e. The number of methoxy groups -OCH3 is 1. The minimum absolute atomic E-state index is 0.114. The molecule has 0 saturated heterocycles. The molecule has 0 heterocycles. The molecule has 14 heavy (non-hydrogen) atoms. The van der Waals surface area contributed by atoms with Crippen molar-refractivity contribution in [2.75, 3.05) is 7.11 Å². The first-order valence-corrected chi connectivity index (χ1v) is 5.10. The SMILES string of the molecule is C=C(C)C(N)c1ccc(OC)c(Br)c1. The second-order valence-corrected chi connectivity index (χ2v) is 4.07. The van der Waals surface area contributed by atoms with Crippen LogP contribution in [0.4, 0.5) is 0 Å². The molecule has 2 nitrogen and oxygen atoms in total. The molecule has 0 aromatic heterocycles. The zero-order chi connectivity index (χ0) is 10.7. The Morgan fingerprint density at radius 1 is 1.57 bits per heavy atom. The first-order chi connectivity index (χ1) is 6.56. The highest BCUT2D eigenvalue weighted by molar-refractivity contribution is 9.10. The molecular weight excluding hydrogens is 242 g/mol. The lowest BCUT2D eigenvalue weighted by molar-refractivity contribution is 0.412. The summed E-state index contributed by atoms with van der Waals surface area (Å²) in [5, 5.41) is 0. The van der Waals surface area contributed by atoms with Crippen LogP contribution in [-0.2, 0) is 0 Å². The summed E-state index contributed by atoms with van der Waals surface area (Å²) in [4.78, 5) is 0. The van der Waals surface area contributed by atoms with Crippen LogP contribution in [0.3, 0.4) is 0 Å². The van der Waals surface area contributed by atoms with Crippen LogP contribution >= 0.6 is 15.9 Å². The molecule has 2 N–H and O–H groups in total. The summed E-state index contributed by atoms with van der Waals surface area (Å²) in [6, 6.07) is 5.68. The number of hydrogen-bond donors (Lipinski definition) is 1. The maximum absolute atomic E-state index is 5.94. The van der Waals surface area contributed by atoms with Crippen molar-refractivity contribution in [3.8, 4) is 5.75 Å². The van der Waals surface area contributed by atoms with E-state index in [1.165, 1.54) is 0 Å². The van der Waals surface area contributed by atoms with Gasteiger partial charge in [-0.15, -0.1) is 0 Å². The van der Waals surface area contributed by atoms with Crippen molar-refractivity contribution in [2.24, 2.45) is 5.73 Å². The van der Waals surface area contributed by atoms with E-state index < -0.39 is 0 Å². The predicted octanol–water partition coefficient (Wildman–Crippen LogP) is 3.03. The molecule has 1 aromatic rings. The van der Waals surface area contributed by atoms with Crippen molar-refractivity contribution < 1.29 is 4.74 Å². The second-order valence-electron chi connectivity index (χ2n) is 3.22. The summed E-state index contributed by atoms with van der Waals surface area (Å²) < 4.78 is 6.04. The summed E-state index contributed by atoms with van der Waals surface area (Å²) in [5.74, 6) is 0.808. The molecule has 0 saturated carbocycles. The summed E-state index contributed by atoms with van der Waals surface area (Å²) in [6.07, 6.45) is 0. The topological polar surface area (TPSA) is 35.2 Å². The fourth-order valence-corrected chi connectivity index (χ4v) is 1.72. The largest absolute Gasteiger partial charge is 0.496 e. The molecule has 0 aliphatic rings. The fraction of sp³-hybridized carbons (Fsp3) is 0.273. The Labute approximate surface area is 92.9 Å². The standard InChI is InChI=1S/C11H14BrNO/c1-7(2)11(13)8-4-5-10(14-3)9(12)6-8/h4-6,11H,1,13H2,2-3H3. The quantitative estimate of drug-likeness (QED) is 0.843. The van der Waals surface area contributed by atoms with E-state index in [4.69, 9.17) is 10.5 Å². The molecule has 0 bridgehead atoms. The zero-order valence-electron chi connectivity index (χ0n) is 8.38. The fourth-order valence-electron chi connectivity index (χ4n) is 1.16. The Kier molecular flexibility index (Phi) is 3.72. The van der Waals surface area contributed by atoms with Gasteiger partial charge < -0.3 is 10.5 Å². The van der Waals surface area contributed by atoms with Crippen LogP contribution in [0.25, 0.3) is 0 Å². The van der Waals surface area contributed by atoms with E-state index in [9.17, 15) is 0 Å². The molecule has 0 aliphatic heterocycles. The Bertz CT molecular complexity index is 349. The van der Waals surface area contributed by atoms with Crippen molar-refractivity contribution in [3.63, 3.8) is 0 Å². The Balaban J connectivity index is 3.02. The number of hydrogen-bond acceptors (Lipinski definition) is 2. The second kappa shape index (κ2) is 4.62. The average molecular weight is 256 g/mol. The predicted molar refractivity (Wildman–Crippen MR) is 62.4 cm³/mol. The monoisotopic (exact) mass is 255 g/mol. The average Bonchev–Trinajstić information content (AvgIpc) is 2.16. The van der Waals surface area contributed by atoms with Crippen LogP contribution in [0, 0.1) is 0 Å². The molecule has 0 aliphatic carbocycles. The zero-order valence-corrected chi connectivity index (χ0v) is 9.97. The van der Waals surface area contributed by atoms with Gasteiger partial charge in [-0.1, -0.05) is 18.2 Å². The summed E-state index contributed by atoms with van der Waals surface area (Å²) in [6.45, 7) is 5.75. The Morgan fingerprint density at radius 2 is 2.21 bits per heavy atom. The molecule has 1 rings (SSSR count). The summed E-state index contributed by atoms with van der Waals surface area (Å²) in [7, 11) is 1.64. The Morgan fingerprint density at radius 3 is 2.64 bits per heavy atom. The molecule has 0 amide bonds. The van der Waals surface area contributed by atoms with E-state index in [0.29, 0.717) is 0 Å². The number of ether oxygens (including phenoxy) is 1. The minimum atomic E-state index is -0.114. The lowest BCUT2D eigenvalue weighted by Crippen LogP contribution is -2.10. The van der Waals surface area contributed by atoms with Gasteiger partial charge in [-0.3, -0.25) is 0 Å². The molecule has 0 fully saturated rings.